The third kappa shape index (κ3) is 9.57. The van der Waals surface area contributed by atoms with Gasteiger partial charge in [0.2, 0.25) is 0 Å². The van der Waals surface area contributed by atoms with Gasteiger partial charge in [0.25, 0.3) is 0 Å². The van der Waals surface area contributed by atoms with Crippen molar-refractivity contribution in [3.05, 3.63) is 0 Å². The molecule has 0 spiro atoms. The molecule has 0 bridgehead atoms. The Balaban J connectivity index is 3.89. The molecule has 0 amide bonds. The molecule has 0 saturated heterocycles. The van der Waals surface area contributed by atoms with E-state index in [0.717, 1.165) is 51.7 Å². The Morgan fingerprint density at radius 3 is 1.71 bits per heavy atom. The molecule has 2 N–H and O–H groups in total. The number of rotatable bonds is 12. The van der Waals surface area contributed by atoms with Gasteiger partial charge in [-0.3, -0.25) is 0 Å². The summed E-state index contributed by atoms with van der Waals surface area (Å²) in [5.41, 5.74) is 6.12. The first-order valence-electron chi connectivity index (χ1n) is 7.24. The van der Waals surface area contributed by atoms with Gasteiger partial charge < -0.3 is 15.2 Å². The second-order valence-electron chi connectivity index (χ2n) is 4.62. The van der Waals surface area contributed by atoms with Crippen molar-refractivity contribution in [2.45, 2.75) is 78.0 Å². The molecule has 0 aromatic rings. The fourth-order valence-corrected chi connectivity index (χ4v) is 1.56. The van der Waals surface area contributed by atoms with E-state index in [0.29, 0.717) is 0 Å². The summed E-state index contributed by atoms with van der Waals surface area (Å²) in [4.78, 5) is 0. The van der Waals surface area contributed by atoms with Crippen LogP contribution in [0.1, 0.15) is 65.7 Å². The largest absolute Gasteiger partial charge is 0.351 e. The fourth-order valence-electron chi connectivity index (χ4n) is 1.56. The highest BCUT2D eigenvalue weighted by atomic mass is 16.7. The molecule has 104 valence electrons. The lowest BCUT2D eigenvalue weighted by atomic mass is 10.1. The molecule has 0 aliphatic rings. The number of nitrogens with two attached hydrogens (primary N) is 1. The first kappa shape index (κ1) is 16.9. The molecular weight excluding hydrogens is 214 g/mol. The van der Waals surface area contributed by atoms with Crippen LogP contribution in [0, 0.1) is 0 Å². The van der Waals surface area contributed by atoms with Gasteiger partial charge in [-0.25, -0.2) is 0 Å². The van der Waals surface area contributed by atoms with Gasteiger partial charge in [0.15, 0.2) is 6.29 Å². The Hall–Kier alpha value is -0.120. The fraction of sp³-hybridized carbons (Fsp3) is 1.00. The van der Waals surface area contributed by atoms with Crippen molar-refractivity contribution < 1.29 is 9.47 Å². The maximum atomic E-state index is 6.12. The Morgan fingerprint density at radius 2 is 1.29 bits per heavy atom. The smallest absolute Gasteiger partial charge is 0.172 e. The molecule has 0 aromatic heterocycles. The van der Waals surface area contributed by atoms with Crippen LogP contribution in [0.15, 0.2) is 0 Å². The quantitative estimate of drug-likeness (QED) is 0.423. The minimum absolute atomic E-state index is 0.0173. The summed E-state index contributed by atoms with van der Waals surface area (Å²) < 4.78 is 11.5. The van der Waals surface area contributed by atoms with Crippen molar-refractivity contribution in [2.24, 2.45) is 5.73 Å². The van der Waals surface area contributed by atoms with E-state index in [1.807, 2.05) is 0 Å². The molecule has 17 heavy (non-hydrogen) atoms. The minimum atomic E-state index is -0.209. The summed E-state index contributed by atoms with van der Waals surface area (Å²) in [6, 6.07) is 0.0173. The van der Waals surface area contributed by atoms with E-state index in [1.165, 1.54) is 6.42 Å². The molecule has 0 rings (SSSR count). The van der Waals surface area contributed by atoms with Crippen LogP contribution in [0.5, 0.6) is 0 Å². The van der Waals surface area contributed by atoms with Crippen molar-refractivity contribution in [2.75, 3.05) is 13.2 Å². The van der Waals surface area contributed by atoms with Crippen LogP contribution in [-0.4, -0.2) is 25.5 Å². The van der Waals surface area contributed by atoms with Crippen LogP contribution >= 0.6 is 0 Å². The zero-order chi connectivity index (χ0) is 12.9. The standard InChI is InChI=1S/C14H31NO2/c1-4-7-10-13(15)14(16-11-8-5-2)17-12-9-6-3/h13-14H,4-12,15H2,1-3H3/t13-/m0/s1. The van der Waals surface area contributed by atoms with Gasteiger partial charge in [0.1, 0.15) is 0 Å². The van der Waals surface area contributed by atoms with Crippen LogP contribution < -0.4 is 5.73 Å². The van der Waals surface area contributed by atoms with Crippen molar-refractivity contribution >= 4 is 0 Å². The van der Waals surface area contributed by atoms with Crippen molar-refractivity contribution in [3.8, 4) is 0 Å². The monoisotopic (exact) mass is 245 g/mol. The third-order valence-corrected chi connectivity index (χ3v) is 2.80. The lowest BCUT2D eigenvalue weighted by Crippen LogP contribution is -2.39. The van der Waals surface area contributed by atoms with Crippen LogP contribution in [0.2, 0.25) is 0 Å². The van der Waals surface area contributed by atoms with Gasteiger partial charge in [-0.05, 0) is 19.3 Å². The molecule has 3 heteroatoms. The molecule has 0 unspecified atom stereocenters. The molecular formula is C14H31NO2. The van der Waals surface area contributed by atoms with E-state index in [1.54, 1.807) is 0 Å². The highest BCUT2D eigenvalue weighted by Gasteiger charge is 2.18. The molecule has 0 radical (unpaired) electrons. The van der Waals surface area contributed by atoms with Gasteiger partial charge in [-0.2, -0.15) is 0 Å². The first-order valence-corrected chi connectivity index (χ1v) is 7.24. The first-order chi connectivity index (χ1) is 8.26. The van der Waals surface area contributed by atoms with Crippen LogP contribution in [0.25, 0.3) is 0 Å². The van der Waals surface area contributed by atoms with Crippen molar-refractivity contribution in [3.63, 3.8) is 0 Å². The molecule has 0 fully saturated rings. The summed E-state index contributed by atoms with van der Waals surface area (Å²) in [6.45, 7) is 8.01. The summed E-state index contributed by atoms with van der Waals surface area (Å²) in [5.74, 6) is 0. The maximum Gasteiger partial charge on any atom is 0.172 e. The molecule has 1 atom stereocenters. The normalized spacial score (nSPS) is 13.2. The third-order valence-electron chi connectivity index (χ3n) is 2.80. The van der Waals surface area contributed by atoms with Gasteiger partial charge in [0, 0.05) is 13.2 Å². The average Bonchev–Trinajstić information content (AvgIpc) is 2.34. The van der Waals surface area contributed by atoms with Crippen LogP contribution in [-0.2, 0) is 9.47 Å². The van der Waals surface area contributed by atoms with E-state index in [-0.39, 0.29) is 12.3 Å². The zero-order valence-corrected chi connectivity index (χ0v) is 11.9. The van der Waals surface area contributed by atoms with Crippen molar-refractivity contribution in [1.29, 1.82) is 0 Å². The molecule has 0 aliphatic carbocycles. The lowest BCUT2D eigenvalue weighted by Gasteiger charge is -2.24. The number of hydrogen-bond acceptors (Lipinski definition) is 3. The SMILES string of the molecule is CCCCOC(OCCCC)[C@@H](N)CCCC. The topological polar surface area (TPSA) is 44.5 Å². The van der Waals surface area contributed by atoms with E-state index in [4.69, 9.17) is 15.2 Å². The summed E-state index contributed by atoms with van der Waals surface area (Å²) in [6.07, 6.45) is 7.54. The van der Waals surface area contributed by atoms with Gasteiger partial charge >= 0.3 is 0 Å². The predicted molar refractivity (Wildman–Crippen MR) is 73.0 cm³/mol. The summed E-state index contributed by atoms with van der Waals surface area (Å²) in [7, 11) is 0. The Morgan fingerprint density at radius 1 is 0.824 bits per heavy atom. The number of unbranched alkanes of at least 4 members (excludes halogenated alkanes) is 3. The predicted octanol–water partition coefficient (Wildman–Crippen LogP) is 3.46. The second kappa shape index (κ2) is 12.3. The highest BCUT2D eigenvalue weighted by Crippen LogP contribution is 2.09. The highest BCUT2D eigenvalue weighted by molar-refractivity contribution is 4.66. The zero-order valence-electron chi connectivity index (χ0n) is 11.9. The molecule has 0 aliphatic heterocycles. The minimum Gasteiger partial charge on any atom is -0.351 e. The Labute approximate surface area is 107 Å². The summed E-state index contributed by atoms with van der Waals surface area (Å²) >= 11 is 0. The number of hydrogen-bond donors (Lipinski definition) is 1. The molecule has 3 nitrogen and oxygen atoms in total. The van der Waals surface area contributed by atoms with E-state index >= 15 is 0 Å². The molecule has 0 saturated carbocycles. The van der Waals surface area contributed by atoms with Gasteiger partial charge in [-0.1, -0.05) is 46.5 Å². The molecule has 0 heterocycles. The van der Waals surface area contributed by atoms with Gasteiger partial charge in [-0.15, -0.1) is 0 Å². The average molecular weight is 245 g/mol. The Kier molecular flexibility index (Phi) is 12.3. The molecule has 0 aromatic carbocycles. The maximum absolute atomic E-state index is 6.12. The van der Waals surface area contributed by atoms with E-state index in [2.05, 4.69) is 20.8 Å². The van der Waals surface area contributed by atoms with Gasteiger partial charge in [0.05, 0.1) is 6.04 Å². The Bertz CT molecular complexity index is 143. The summed E-state index contributed by atoms with van der Waals surface area (Å²) in [5, 5.41) is 0. The van der Waals surface area contributed by atoms with Crippen LogP contribution in [0.4, 0.5) is 0 Å². The van der Waals surface area contributed by atoms with E-state index < -0.39 is 0 Å². The van der Waals surface area contributed by atoms with E-state index in [9.17, 15) is 0 Å². The number of ether oxygens (including phenoxy) is 2. The van der Waals surface area contributed by atoms with Crippen LogP contribution in [0.3, 0.4) is 0 Å². The second-order valence-corrected chi connectivity index (χ2v) is 4.62. The lowest BCUT2D eigenvalue weighted by molar-refractivity contribution is -0.156. The van der Waals surface area contributed by atoms with Crippen molar-refractivity contribution in [1.82, 2.24) is 0 Å².